The van der Waals surface area contributed by atoms with Crippen molar-refractivity contribution in [3.05, 3.63) is 23.3 Å². The lowest BCUT2D eigenvalue weighted by Crippen LogP contribution is -2.54. The zero-order valence-electron chi connectivity index (χ0n) is 15.0. The van der Waals surface area contributed by atoms with E-state index in [1.807, 2.05) is 6.08 Å². The number of Topliss-reactive ketones (excluding diaryl/α,β-unsaturated/α-hetero) is 1. The molecule has 4 heteroatoms. The summed E-state index contributed by atoms with van der Waals surface area (Å²) in [5.74, 6) is 0.287. The number of allylic oxidation sites excluding steroid dienone is 2. The first kappa shape index (κ1) is 16.7. The van der Waals surface area contributed by atoms with Gasteiger partial charge in [0.25, 0.3) is 0 Å². The minimum absolute atomic E-state index is 0.00264. The van der Waals surface area contributed by atoms with E-state index in [1.54, 1.807) is 0 Å². The number of fused-ring (bicyclic) bond motifs is 5. The molecule has 0 aromatic rings. The van der Waals surface area contributed by atoms with Gasteiger partial charge in [0.05, 0.1) is 0 Å². The van der Waals surface area contributed by atoms with Crippen LogP contribution in [0.3, 0.4) is 0 Å². The SMILES string of the molecule is C[C@]12CCC(=O)C=C1CC[C@H]1[C@H]2C(=O)C[C@]2(C)/C(=C/C(=O)O)CC[C@H]12. The van der Waals surface area contributed by atoms with Gasteiger partial charge in [0.1, 0.15) is 5.78 Å². The molecule has 0 aromatic heterocycles. The zero-order valence-corrected chi connectivity index (χ0v) is 15.0. The fourth-order valence-electron chi connectivity index (χ4n) is 6.62. The van der Waals surface area contributed by atoms with Crippen molar-refractivity contribution in [2.75, 3.05) is 0 Å². The number of hydrogen-bond acceptors (Lipinski definition) is 3. The number of carbonyl (C=O) groups is 3. The molecule has 5 atom stereocenters. The van der Waals surface area contributed by atoms with E-state index in [1.165, 1.54) is 11.6 Å². The lowest BCUT2D eigenvalue weighted by Gasteiger charge is -2.56. The van der Waals surface area contributed by atoms with Crippen molar-refractivity contribution in [3.63, 3.8) is 0 Å². The van der Waals surface area contributed by atoms with Crippen LogP contribution in [0.1, 0.15) is 58.8 Å². The summed E-state index contributed by atoms with van der Waals surface area (Å²) < 4.78 is 0. The molecule has 0 aliphatic heterocycles. The fraction of sp³-hybridized carbons (Fsp3) is 0.667. The maximum Gasteiger partial charge on any atom is 0.328 e. The molecule has 0 unspecified atom stereocenters. The molecule has 25 heavy (non-hydrogen) atoms. The summed E-state index contributed by atoms with van der Waals surface area (Å²) in [6.45, 7) is 4.29. The first-order valence-electron chi connectivity index (χ1n) is 9.46. The van der Waals surface area contributed by atoms with Gasteiger partial charge in [-0.25, -0.2) is 4.79 Å². The lowest BCUT2D eigenvalue weighted by molar-refractivity contribution is -0.143. The van der Waals surface area contributed by atoms with Crippen molar-refractivity contribution >= 4 is 17.5 Å². The Morgan fingerprint density at radius 2 is 1.92 bits per heavy atom. The number of carboxylic acid groups (broad SMARTS) is 1. The minimum Gasteiger partial charge on any atom is -0.478 e. The number of carbonyl (C=O) groups excluding carboxylic acids is 2. The van der Waals surface area contributed by atoms with Gasteiger partial charge >= 0.3 is 5.97 Å². The fourth-order valence-corrected chi connectivity index (χ4v) is 6.62. The lowest BCUT2D eigenvalue weighted by atomic mass is 9.47. The molecule has 0 bridgehead atoms. The third kappa shape index (κ3) is 2.29. The molecule has 4 aliphatic carbocycles. The van der Waals surface area contributed by atoms with E-state index < -0.39 is 5.97 Å². The van der Waals surface area contributed by atoms with Gasteiger partial charge < -0.3 is 5.11 Å². The Labute approximate surface area is 148 Å². The molecule has 134 valence electrons. The van der Waals surface area contributed by atoms with Gasteiger partial charge in [-0.1, -0.05) is 25.0 Å². The molecule has 0 radical (unpaired) electrons. The monoisotopic (exact) mass is 342 g/mol. The van der Waals surface area contributed by atoms with Crippen LogP contribution in [0.5, 0.6) is 0 Å². The van der Waals surface area contributed by atoms with Gasteiger partial charge in [-0.05, 0) is 60.8 Å². The molecule has 3 saturated carbocycles. The number of ketones is 2. The summed E-state index contributed by atoms with van der Waals surface area (Å²) >= 11 is 0. The quantitative estimate of drug-likeness (QED) is 0.738. The Hall–Kier alpha value is -1.71. The van der Waals surface area contributed by atoms with Crippen molar-refractivity contribution < 1.29 is 19.5 Å². The Kier molecular flexibility index (Phi) is 3.61. The van der Waals surface area contributed by atoms with Gasteiger partial charge in [0.15, 0.2) is 5.78 Å². The van der Waals surface area contributed by atoms with Crippen LogP contribution in [-0.4, -0.2) is 22.6 Å². The van der Waals surface area contributed by atoms with Crippen LogP contribution in [0.25, 0.3) is 0 Å². The first-order valence-corrected chi connectivity index (χ1v) is 9.46. The predicted octanol–water partition coefficient (Wildman–Crippen LogP) is 3.71. The summed E-state index contributed by atoms with van der Waals surface area (Å²) in [4.78, 5) is 36.3. The van der Waals surface area contributed by atoms with Crippen LogP contribution in [0.2, 0.25) is 0 Å². The molecule has 4 rings (SSSR count). The van der Waals surface area contributed by atoms with Crippen molar-refractivity contribution in [3.8, 4) is 0 Å². The number of rotatable bonds is 1. The number of aliphatic carboxylic acids is 1. The van der Waals surface area contributed by atoms with E-state index in [9.17, 15) is 19.5 Å². The highest BCUT2D eigenvalue weighted by atomic mass is 16.4. The first-order chi connectivity index (χ1) is 11.8. The van der Waals surface area contributed by atoms with Gasteiger partial charge in [-0.3, -0.25) is 9.59 Å². The topological polar surface area (TPSA) is 71.4 Å². The predicted molar refractivity (Wildman–Crippen MR) is 92.8 cm³/mol. The summed E-state index contributed by atoms with van der Waals surface area (Å²) in [6.07, 6.45) is 8.57. The van der Waals surface area contributed by atoms with Crippen LogP contribution in [0, 0.1) is 28.6 Å². The van der Waals surface area contributed by atoms with Crippen LogP contribution in [0.4, 0.5) is 0 Å². The highest BCUT2D eigenvalue weighted by Crippen LogP contribution is 2.65. The molecule has 4 aliphatic rings. The minimum atomic E-state index is -0.905. The van der Waals surface area contributed by atoms with Crippen molar-refractivity contribution in [1.82, 2.24) is 0 Å². The summed E-state index contributed by atoms with van der Waals surface area (Å²) in [5.41, 5.74) is 1.66. The Morgan fingerprint density at radius 1 is 1.16 bits per heavy atom. The van der Waals surface area contributed by atoms with E-state index in [2.05, 4.69) is 13.8 Å². The summed E-state index contributed by atoms with van der Waals surface area (Å²) in [5, 5.41) is 9.20. The largest absolute Gasteiger partial charge is 0.478 e. The van der Waals surface area contributed by atoms with Crippen molar-refractivity contribution in [1.29, 1.82) is 0 Å². The van der Waals surface area contributed by atoms with Gasteiger partial charge in [0, 0.05) is 24.8 Å². The molecule has 0 saturated heterocycles. The third-order valence-electron chi connectivity index (χ3n) is 7.80. The van der Waals surface area contributed by atoms with Crippen LogP contribution in [-0.2, 0) is 14.4 Å². The highest BCUT2D eigenvalue weighted by Gasteiger charge is 2.60. The normalized spacial score (nSPS) is 44.8. The second-order valence-electron chi connectivity index (χ2n) is 8.95. The molecule has 0 heterocycles. The average Bonchev–Trinajstić information content (AvgIpc) is 2.83. The molecule has 0 aromatic carbocycles. The second-order valence-corrected chi connectivity index (χ2v) is 8.95. The second kappa shape index (κ2) is 5.39. The maximum absolute atomic E-state index is 13.3. The van der Waals surface area contributed by atoms with E-state index in [0.717, 1.165) is 37.7 Å². The van der Waals surface area contributed by atoms with Gasteiger partial charge in [0.2, 0.25) is 0 Å². The Morgan fingerprint density at radius 3 is 2.64 bits per heavy atom. The van der Waals surface area contributed by atoms with E-state index in [4.69, 9.17) is 0 Å². The third-order valence-corrected chi connectivity index (χ3v) is 7.80. The molecule has 0 amide bonds. The molecule has 4 nitrogen and oxygen atoms in total. The Balaban J connectivity index is 1.74. The summed E-state index contributed by atoms with van der Waals surface area (Å²) in [7, 11) is 0. The summed E-state index contributed by atoms with van der Waals surface area (Å²) in [6, 6.07) is 0. The molecular weight excluding hydrogens is 316 g/mol. The maximum atomic E-state index is 13.3. The van der Waals surface area contributed by atoms with Crippen LogP contribution in [0.15, 0.2) is 23.3 Å². The van der Waals surface area contributed by atoms with Crippen LogP contribution >= 0.6 is 0 Å². The number of carboxylic acids is 1. The van der Waals surface area contributed by atoms with Crippen molar-refractivity contribution in [2.45, 2.75) is 58.8 Å². The number of hydrogen-bond donors (Lipinski definition) is 1. The molecule has 3 fully saturated rings. The molecule has 0 spiro atoms. The van der Waals surface area contributed by atoms with E-state index in [0.29, 0.717) is 24.7 Å². The van der Waals surface area contributed by atoms with Gasteiger partial charge in [-0.2, -0.15) is 0 Å². The van der Waals surface area contributed by atoms with Crippen molar-refractivity contribution in [2.24, 2.45) is 28.6 Å². The molecular formula is C21H26O4. The average molecular weight is 342 g/mol. The van der Waals surface area contributed by atoms with Crippen LogP contribution < -0.4 is 0 Å². The molecule has 1 N–H and O–H groups in total. The Bertz CT molecular complexity index is 730. The highest BCUT2D eigenvalue weighted by molar-refractivity contribution is 5.93. The standard InChI is InChI=1S/C21H26O4/c1-20-8-7-14(22)9-12(20)3-5-15-16-6-4-13(10-18(24)25)21(16,2)11-17(23)19(15)20/h9-10,15-16,19H,3-8,11H2,1-2H3,(H,24,25)/b13-10+/t15-,16-,19+,20+,21-/m1/s1. The zero-order chi connectivity index (χ0) is 18.0. The van der Waals surface area contributed by atoms with E-state index >= 15 is 0 Å². The van der Waals surface area contributed by atoms with E-state index in [-0.39, 0.29) is 28.3 Å². The smallest absolute Gasteiger partial charge is 0.328 e. The van der Waals surface area contributed by atoms with Gasteiger partial charge in [-0.15, -0.1) is 0 Å².